The molecule has 98 valence electrons. The number of rotatable bonds is 2. The maximum Gasteiger partial charge on any atom is 0.254 e. The lowest BCUT2D eigenvalue weighted by atomic mass is 9.94. The molecule has 1 aromatic carbocycles. The van der Waals surface area contributed by atoms with E-state index in [-0.39, 0.29) is 5.91 Å². The lowest BCUT2D eigenvalue weighted by molar-refractivity contribution is 0.0695. The van der Waals surface area contributed by atoms with Crippen LogP contribution in [0.25, 0.3) is 0 Å². The molecular formula is C14H17BrINO. The van der Waals surface area contributed by atoms with Crippen LogP contribution in [0.4, 0.5) is 0 Å². The first-order chi connectivity index (χ1) is 8.59. The second-order valence-corrected chi connectivity index (χ2v) is 6.91. The van der Waals surface area contributed by atoms with Crippen LogP contribution in [0, 0.1) is 3.57 Å². The number of hydrogen-bond donors (Lipinski definition) is 0. The molecule has 0 bridgehead atoms. The summed E-state index contributed by atoms with van der Waals surface area (Å²) in [5.74, 6) is 0.146. The molecule has 18 heavy (non-hydrogen) atoms. The van der Waals surface area contributed by atoms with E-state index < -0.39 is 0 Å². The van der Waals surface area contributed by atoms with Crippen LogP contribution in [0.3, 0.4) is 0 Å². The van der Waals surface area contributed by atoms with Crippen LogP contribution in [-0.4, -0.2) is 23.9 Å². The van der Waals surface area contributed by atoms with E-state index >= 15 is 0 Å². The molecule has 0 radical (unpaired) electrons. The normalized spacial score (nSPS) is 16.6. The molecule has 0 atom stereocenters. The predicted molar refractivity (Wildman–Crippen MR) is 85.8 cm³/mol. The van der Waals surface area contributed by atoms with Gasteiger partial charge in [-0.25, -0.2) is 0 Å². The monoisotopic (exact) mass is 421 g/mol. The van der Waals surface area contributed by atoms with Gasteiger partial charge >= 0.3 is 0 Å². The Hall–Kier alpha value is -0.100. The third-order valence-electron chi connectivity index (χ3n) is 3.60. The lowest BCUT2D eigenvalue weighted by Crippen LogP contribution is -2.38. The third-order valence-corrected chi connectivity index (χ3v) is 5.04. The summed E-state index contributed by atoms with van der Waals surface area (Å²) in [6, 6.07) is 6.29. The second kappa shape index (κ2) is 6.37. The molecule has 1 aliphatic carbocycles. The topological polar surface area (TPSA) is 20.3 Å². The number of nitrogens with zero attached hydrogens (tertiary/aromatic N) is 1. The van der Waals surface area contributed by atoms with Crippen molar-refractivity contribution in [2.45, 2.75) is 38.1 Å². The fourth-order valence-corrected chi connectivity index (χ4v) is 3.41. The van der Waals surface area contributed by atoms with Gasteiger partial charge in [0.2, 0.25) is 0 Å². The Morgan fingerprint density at radius 1 is 1.33 bits per heavy atom. The van der Waals surface area contributed by atoms with Crippen LogP contribution in [-0.2, 0) is 0 Å². The summed E-state index contributed by atoms with van der Waals surface area (Å²) in [6.07, 6.45) is 6.10. The molecule has 0 N–H and O–H groups in total. The zero-order valence-electron chi connectivity index (χ0n) is 10.5. The van der Waals surface area contributed by atoms with Crippen LogP contribution in [0.1, 0.15) is 42.5 Å². The number of carbonyl (C=O) groups excluding carboxylic acids is 1. The number of carbonyl (C=O) groups is 1. The van der Waals surface area contributed by atoms with Gasteiger partial charge in [-0.05, 0) is 53.6 Å². The van der Waals surface area contributed by atoms with Gasteiger partial charge in [-0.2, -0.15) is 0 Å². The van der Waals surface area contributed by atoms with Crippen LogP contribution in [0.2, 0.25) is 0 Å². The highest BCUT2D eigenvalue weighted by molar-refractivity contribution is 14.1. The van der Waals surface area contributed by atoms with Crippen molar-refractivity contribution in [1.29, 1.82) is 0 Å². The van der Waals surface area contributed by atoms with Gasteiger partial charge in [0.25, 0.3) is 5.91 Å². The van der Waals surface area contributed by atoms with E-state index in [0.717, 1.165) is 26.4 Å². The number of amides is 1. The summed E-state index contributed by atoms with van der Waals surface area (Å²) in [7, 11) is 1.94. The average molecular weight is 422 g/mol. The average Bonchev–Trinajstić information content (AvgIpc) is 2.41. The van der Waals surface area contributed by atoms with E-state index in [1.807, 2.05) is 30.1 Å². The minimum absolute atomic E-state index is 0.146. The van der Waals surface area contributed by atoms with Gasteiger partial charge in [-0.1, -0.05) is 35.2 Å². The van der Waals surface area contributed by atoms with E-state index in [2.05, 4.69) is 38.5 Å². The number of halogens is 2. The van der Waals surface area contributed by atoms with Crippen molar-refractivity contribution in [2.75, 3.05) is 7.05 Å². The summed E-state index contributed by atoms with van der Waals surface area (Å²) in [5.41, 5.74) is 0.804. The molecule has 0 saturated heterocycles. The highest BCUT2D eigenvalue weighted by Gasteiger charge is 2.24. The Bertz CT molecular complexity index is 443. The number of hydrogen-bond acceptors (Lipinski definition) is 1. The van der Waals surface area contributed by atoms with Crippen molar-refractivity contribution >= 4 is 44.4 Å². The molecule has 1 saturated carbocycles. The van der Waals surface area contributed by atoms with Crippen LogP contribution in [0.5, 0.6) is 0 Å². The van der Waals surface area contributed by atoms with Crippen molar-refractivity contribution in [3.8, 4) is 0 Å². The summed E-state index contributed by atoms with van der Waals surface area (Å²) in [5, 5.41) is 0. The van der Waals surface area contributed by atoms with E-state index in [1.54, 1.807) is 0 Å². The summed E-state index contributed by atoms with van der Waals surface area (Å²) in [6.45, 7) is 0. The molecule has 1 fully saturated rings. The Kier molecular flexibility index (Phi) is 5.06. The van der Waals surface area contributed by atoms with Gasteiger partial charge in [0.1, 0.15) is 0 Å². The summed E-state index contributed by atoms with van der Waals surface area (Å²) in [4.78, 5) is 14.5. The van der Waals surface area contributed by atoms with Crippen molar-refractivity contribution in [3.63, 3.8) is 0 Å². The first-order valence-corrected chi connectivity index (χ1v) is 8.19. The minimum Gasteiger partial charge on any atom is -0.339 e. The SMILES string of the molecule is CN(C(=O)c1cc(Br)ccc1I)C1CCCCC1. The zero-order valence-corrected chi connectivity index (χ0v) is 14.2. The maximum atomic E-state index is 12.5. The third kappa shape index (κ3) is 3.26. The Labute approximate surface area is 130 Å². The molecule has 2 nitrogen and oxygen atoms in total. The molecule has 1 amide bonds. The van der Waals surface area contributed by atoms with E-state index in [0.29, 0.717) is 6.04 Å². The minimum atomic E-state index is 0.146. The van der Waals surface area contributed by atoms with Gasteiger partial charge in [0.15, 0.2) is 0 Å². The van der Waals surface area contributed by atoms with Crippen molar-refractivity contribution < 1.29 is 4.79 Å². The summed E-state index contributed by atoms with van der Waals surface area (Å²) < 4.78 is 1.98. The Morgan fingerprint density at radius 2 is 2.00 bits per heavy atom. The molecule has 4 heteroatoms. The standard InChI is InChI=1S/C14H17BrINO/c1-17(11-5-3-2-4-6-11)14(18)12-9-10(15)7-8-13(12)16/h7-9,11H,2-6H2,1H3. The lowest BCUT2D eigenvalue weighted by Gasteiger charge is -2.31. The van der Waals surface area contributed by atoms with Gasteiger partial charge < -0.3 is 4.90 Å². The highest BCUT2D eigenvalue weighted by atomic mass is 127. The molecule has 0 spiro atoms. The van der Waals surface area contributed by atoms with Crippen LogP contribution < -0.4 is 0 Å². The fourth-order valence-electron chi connectivity index (χ4n) is 2.49. The Balaban J connectivity index is 2.16. The quantitative estimate of drug-likeness (QED) is 0.645. The fraction of sp³-hybridized carbons (Fsp3) is 0.500. The van der Waals surface area contributed by atoms with E-state index in [4.69, 9.17) is 0 Å². The van der Waals surface area contributed by atoms with E-state index in [9.17, 15) is 4.79 Å². The van der Waals surface area contributed by atoms with Crippen LogP contribution in [0.15, 0.2) is 22.7 Å². The molecule has 0 unspecified atom stereocenters. The molecule has 0 aromatic heterocycles. The van der Waals surface area contributed by atoms with Gasteiger partial charge in [0, 0.05) is 21.1 Å². The van der Waals surface area contributed by atoms with Crippen LogP contribution >= 0.6 is 38.5 Å². The number of benzene rings is 1. The molecule has 0 heterocycles. The van der Waals surface area contributed by atoms with Crippen molar-refractivity contribution in [3.05, 3.63) is 31.8 Å². The van der Waals surface area contributed by atoms with Gasteiger partial charge in [-0.15, -0.1) is 0 Å². The molecule has 1 aromatic rings. The smallest absolute Gasteiger partial charge is 0.254 e. The first kappa shape index (κ1) is 14.3. The summed E-state index contributed by atoms with van der Waals surface area (Å²) >= 11 is 5.66. The predicted octanol–water partition coefficient (Wildman–Crippen LogP) is 4.46. The van der Waals surface area contributed by atoms with E-state index in [1.165, 1.54) is 19.3 Å². The molecule has 1 aliphatic rings. The highest BCUT2D eigenvalue weighted by Crippen LogP contribution is 2.25. The largest absolute Gasteiger partial charge is 0.339 e. The van der Waals surface area contributed by atoms with Gasteiger partial charge in [-0.3, -0.25) is 4.79 Å². The maximum absolute atomic E-state index is 12.5. The molecule has 0 aliphatic heterocycles. The van der Waals surface area contributed by atoms with Gasteiger partial charge in [0.05, 0.1) is 5.56 Å². The van der Waals surface area contributed by atoms with Crippen molar-refractivity contribution in [1.82, 2.24) is 4.90 Å². The Morgan fingerprint density at radius 3 is 2.67 bits per heavy atom. The van der Waals surface area contributed by atoms with Crippen molar-refractivity contribution in [2.24, 2.45) is 0 Å². The zero-order chi connectivity index (χ0) is 13.1. The molecule has 2 rings (SSSR count). The first-order valence-electron chi connectivity index (χ1n) is 6.32. The molecular weight excluding hydrogens is 405 g/mol. The second-order valence-electron chi connectivity index (χ2n) is 4.83.